The predicted molar refractivity (Wildman–Crippen MR) is 43.7 cm³/mol. The molecule has 13 heavy (non-hydrogen) atoms. The number of carbonyl (C=O) groups is 1. The van der Waals surface area contributed by atoms with E-state index in [2.05, 4.69) is 15.4 Å². The quantitative estimate of drug-likeness (QED) is 0.633. The molecule has 0 saturated heterocycles. The van der Waals surface area contributed by atoms with Gasteiger partial charge in [0.1, 0.15) is 0 Å². The van der Waals surface area contributed by atoms with E-state index in [4.69, 9.17) is 5.73 Å². The fraction of sp³-hybridized carbons (Fsp3) is 0.714. The molecule has 2 N–H and O–H groups in total. The zero-order valence-corrected chi connectivity index (χ0v) is 7.40. The lowest BCUT2D eigenvalue weighted by Gasteiger charge is -2.03. The molecule has 1 aliphatic rings. The smallest absolute Gasteiger partial charge is 0.182 e. The van der Waals surface area contributed by atoms with Gasteiger partial charge in [0.05, 0.1) is 19.0 Å². The Balaban J connectivity index is 2.02. The van der Waals surface area contributed by atoms with Gasteiger partial charge < -0.3 is 5.73 Å². The Bertz CT molecular complexity index is 340. The average molecular weight is 181 g/mol. The third kappa shape index (κ3) is 1.57. The Labute approximate surface area is 75.1 Å². The van der Waals surface area contributed by atoms with Crippen molar-refractivity contribution in [2.45, 2.75) is 24.8 Å². The van der Waals surface area contributed by atoms with Gasteiger partial charge in [-0.3, -0.25) is 4.79 Å². The maximum absolute atomic E-state index is 11.5. The van der Waals surface area contributed by atoms with Crippen LogP contribution in [0.4, 0.5) is 0 Å². The summed E-state index contributed by atoms with van der Waals surface area (Å²) in [6.45, 7) is 0. The number of rotatable bonds is 3. The summed E-state index contributed by atoms with van der Waals surface area (Å²) in [6, 6.07) is 0. The molecule has 1 saturated carbocycles. The molecule has 6 heteroatoms. The lowest BCUT2D eigenvalue weighted by Crippen LogP contribution is -2.34. The van der Waals surface area contributed by atoms with Gasteiger partial charge in [0, 0.05) is 0 Å². The van der Waals surface area contributed by atoms with Crippen molar-refractivity contribution in [3.8, 4) is 0 Å². The second-order valence-electron chi connectivity index (χ2n) is 3.45. The van der Waals surface area contributed by atoms with Crippen LogP contribution in [-0.2, 0) is 18.3 Å². The van der Waals surface area contributed by atoms with E-state index < -0.39 is 5.54 Å². The van der Waals surface area contributed by atoms with Crippen LogP contribution in [0.1, 0.15) is 18.7 Å². The van der Waals surface area contributed by atoms with Gasteiger partial charge in [-0.15, -0.1) is 10.2 Å². The zero-order chi connectivity index (χ0) is 9.47. The molecule has 1 fully saturated rings. The molecule has 0 amide bonds. The summed E-state index contributed by atoms with van der Waals surface area (Å²) in [5.74, 6) is 0.463. The minimum atomic E-state index is -0.584. The van der Waals surface area contributed by atoms with Crippen LogP contribution in [0, 0.1) is 0 Å². The fourth-order valence-corrected chi connectivity index (χ4v) is 1.13. The summed E-state index contributed by atoms with van der Waals surface area (Å²) in [4.78, 5) is 12.8. The van der Waals surface area contributed by atoms with Gasteiger partial charge >= 0.3 is 0 Å². The van der Waals surface area contributed by atoms with Crippen molar-refractivity contribution in [1.82, 2.24) is 20.2 Å². The minimum Gasteiger partial charge on any atom is -0.319 e. The molecule has 0 bridgehead atoms. The van der Waals surface area contributed by atoms with Gasteiger partial charge in [-0.05, 0) is 18.1 Å². The number of Topliss-reactive ketones (excluding diaryl/α,β-unsaturated/α-hetero) is 1. The summed E-state index contributed by atoms with van der Waals surface area (Å²) in [5.41, 5.74) is 5.13. The zero-order valence-electron chi connectivity index (χ0n) is 7.40. The van der Waals surface area contributed by atoms with E-state index >= 15 is 0 Å². The maximum atomic E-state index is 11.5. The van der Waals surface area contributed by atoms with Crippen LogP contribution >= 0.6 is 0 Å². The Kier molecular flexibility index (Phi) is 1.66. The normalized spacial score (nSPS) is 18.6. The maximum Gasteiger partial charge on any atom is 0.182 e. The van der Waals surface area contributed by atoms with Crippen molar-refractivity contribution in [1.29, 1.82) is 0 Å². The number of carbonyl (C=O) groups excluding carboxylic acids is 1. The van der Waals surface area contributed by atoms with Gasteiger partial charge in [0.25, 0.3) is 0 Å². The predicted octanol–water partition coefficient (Wildman–Crippen LogP) is -1.19. The van der Waals surface area contributed by atoms with Crippen molar-refractivity contribution in [3.05, 3.63) is 5.82 Å². The van der Waals surface area contributed by atoms with Crippen LogP contribution in [0.2, 0.25) is 0 Å². The SMILES string of the molecule is Cn1nnc(CC(=O)C2(N)CC2)n1. The topological polar surface area (TPSA) is 86.7 Å². The molecule has 1 heterocycles. The summed E-state index contributed by atoms with van der Waals surface area (Å²) in [7, 11) is 1.66. The molecule has 0 unspecified atom stereocenters. The van der Waals surface area contributed by atoms with E-state index in [9.17, 15) is 4.79 Å². The van der Waals surface area contributed by atoms with Gasteiger partial charge in [0.15, 0.2) is 11.6 Å². The van der Waals surface area contributed by atoms with E-state index in [1.54, 1.807) is 7.05 Å². The Morgan fingerprint density at radius 3 is 2.85 bits per heavy atom. The summed E-state index contributed by atoms with van der Waals surface area (Å²) < 4.78 is 0. The van der Waals surface area contributed by atoms with Crippen molar-refractivity contribution < 1.29 is 4.79 Å². The van der Waals surface area contributed by atoms with Gasteiger partial charge in [0.2, 0.25) is 0 Å². The highest BCUT2D eigenvalue weighted by Gasteiger charge is 2.45. The first kappa shape index (κ1) is 8.31. The van der Waals surface area contributed by atoms with Crippen LogP contribution in [0.15, 0.2) is 0 Å². The average Bonchev–Trinajstić information content (AvgIpc) is 2.69. The molecule has 0 aromatic carbocycles. The lowest BCUT2D eigenvalue weighted by atomic mass is 10.1. The Morgan fingerprint density at radius 1 is 1.69 bits per heavy atom. The number of ketones is 1. The summed E-state index contributed by atoms with van der Waals surface area (Å²) in [5, 5.41) is 11.3. The molecule has 1 aliphatic carbocycles. The molecule has 6 nitrogen and oxygen atoms in total. The standard InChI is InChI=1S/C7H11N5O/c1-12-10-6(9-11-12)4-5(13)7(8)2-3-7/h2-4,8H2,1H3. The number of aryl methyl sites for hydroxylation is 1. The molecule has 1 aromatic heterocycles. The largest absolute Gasteiger partial charge is 0.319 e. The fourth-order valence-electron chi connectivity index (χ4n) is 1.13. The second-order valence-corrected chi connectivity index (χ2v) is 3.45. The van der Waals surface area contributed by atoms with Crippen molar-refractivity contribution in [2.75, 3.05) is 0 Å². The molecule has 0 atom stereocenters. The number of nitrogens with two attached hydrogens (primary N) is 1. The number of hydrogen-bond donors (Lipinski definition) is 1. The third-order valence-corrected chi connectivity index (χ3v) is 2.21. The van der Waals surface area contributed by atoms with Crippen LogP contribution in [0.3, 0.4) is 0 Å². The molecular weight excluding hydrogens is 170 g/mol. The van der Waals surface area contributed by atoms with E-state index in [0.717, 1.165) is 12.8 Å². The van der Waals surface area contributed by atoms with Gasteiger partial charge in [-0.2, -0.15) is 4.80 Å². The number of hydrogen-bond acceptors (Lipinski definition) is 5. The van der Waals surface area contributed by atoms with E-state index in [1.165, 1.54) is 4.80 Å². The number of aromatic nitrogens is 4. The molecular formula is C7H11N5O. The summed E-state index contributed by atoms with van der Waals surface area (Å²) >= 11 is 0. The van der Waals surface area contributed by atoms with E-state index in [-0.39, 0.29) is 12.2 Å². The number of nitrogens with zero attached hydrogens (tertiary/aromatic N) is 4. The van der Waals surface area contributed by atoms with Crippen LogP contribution in [0.5, 0.6) is 0 Å². The first-order valence-electron chi connectivity index (χ1n) is 4.15. The van der Waals surface area contributed by atoms with Crippen LogP contribution < -0.4 is 5.73 Å². The molecule has 0 spiro atoms. The van der Waals surface area contributed by atoms with Crippen molar-refractivity contribution in [3.63, 3.8) is 0 Å². The number of tetrazole rings is 1. The van der Waals surface area contributed by atoms with Crippen LogP contribution in [-0.4, -0.2) is 31.5 Å². The highest BCUT2D eigenvalue weighted by Crippen LogP contribution is 2.33. The van der Waals surface area contributed by atoms with Crippen molar-refractivity contribution >= 4 is 5.78 Å². The molecule has 0 radical (unpaired) electrons. The third-order valence-electron chi connectivity index (χ3n) is 2.21. The van der Waals surface area contributed by atoms with Crippen molar-refractivity contribution in [2.24, 2.45) is 12.8 Å². The highest BCUT2D eigenvalue weighted by atomic mass is 16.1. The molecule has 2 rings (SSSR count). The lowest BCUT2D eigenvalue weighted by molar-refractivity contribution is -0.120. The molecule has 0 aliphatic heterocycles. The van der Waals surface area contributed by atoms with E-state index in [1.807, 2.05) is 0 Å². The monoisotopic (exact) mass is 181 g/mol. The molecule has 70 valence electrons. The van der Waals surface area contributed by atoms with Crippen LogP contribution in [0.25, 0.3) is 0 Å². The Morgan fingerprint density at radius 2 is 2.38 bits per heavy atom. The minimum absolute atomic E-state index is 0.0144. The van der Waals surface area contributed by atoms with Gasteiger partial charge in [-0.25, -0.2) is 0 Å². The first-order chi connectivity index (χ1) is 6.10. The molecule has 1 aromatic rings. The second kappa shape index (κ2) is 2.59. The Hall–Kier alpha value is -1.30. The first-order valence-corrected chi connectivity index (χ1v) is 4.15. The van der Waals surface area contributed by atoms with E-state index in [0.29, 0.717) is 5.82 Å². The van der Waals surface area contributed by atoms with Gasteiger partial charge in [-0.1, -0.05) is 0 Å². The summed E-state index contributed by atoms with van der Waals surface area (Å²) in [6.07, 6.45) is 1.77. The highest BCUT2D eigenvalue weighted by molar-refractivity contribution is 5.92.